The van der Waals surface area contributed by atoms with E-state index in [1.807, 2.05) is 0 Å². The van der Waals surface area contributed by atoms with E-state index in [1.54, 1.807) is 7.05 Å². The molecular weight excluding hydrogens is 206 g/mol. The molecule has 3 N–H and O–H groups in total. The summed E-state index contributed by atoms with van der Waals surface area (Å²) in [4.78, 5) is 3.74. The molecule has 0 fully saturated rings. The summed E-state index contributed by atoms with van der Waals surface area (Å²) in [6.45, 7) is 0.347. The summed E-state index contributed by atoms with van der Waals surface area (Å²) in [6, 6.07) is 0. The minimum Gasteiger partial charge on any atom is -0.330 e. The summed E-state index contributed by atoms with van der Waals surface area (Å²) < 4.78 is 26.4. The van der Waals surface area contributed by atoms with Gasteiger partial charge in [0, 0.05) is 7.05 Å². The Kier molecular flexibility index (Phi) is 3.42. The lowest BCUT2D eigenvalue weighted by Crippen LogP contribution is -2.20. The Hall–Kier alpha value is -1.15. The molecule has 1 rings (SSSR count). The van der Waals surface area contributed by atoms with Crippen LogP contribution in [0.2, 0.25) is 0 Å². The first-order valence-corrected chi connectivity index (χ1v) is 5.75. The van der Waals surface area contributed by atoms with E-state index in [4.69, 9.17) is 5.73 Å². The minimum atomic E-state index is -3.34. The lowest BCUT2D eigenvalue weighted by atomic mass is 10.5. The van der Waals surface area contributed by atoms with Crippen LogP contribution in [-0.2, 0) is 17.1 Å². The summed E-state index contributed by atoms with van der Waals surface area (Å²) in [7, 11) is -1.74. The zero-order valence-electron chi connectivity index (χ0n) is 7.84. The van der Waals surface area contributed by atoms with E-state index in [-0.39, 0.29) is 11.7 Å². The highest BCUT2D eigenvalue weighted by molar-refractivity contribution is 7.92. The largest absolute Gasteiger partial charge is 0.330 e. The Labute approximate surface area is 82.4 Å². The van der Waals surface area contributed by atoms with Crippen LogP contribution in [0.5, 0.6) is 0 Å². The third-order valence-corrected chi connectivity index (χ3v) is 2.90. The zero-order chi connectivity index (χ0) is 10.6. The maximum absolute atomic E-state index is 11.4. The van der Waals surface area contributed by atoms with Crippen molar-refractivity contribution in [3.8, 4) is 0 Å². The second kappa shape index (κ2) is 4.38. The first-order valence-electron chi connectivity index (χ1n) is 4.10. The number of anilines is 1. The maximum atomic E-state index is 11.4. The average Bonchev–Trinajstić information content (AvgIpc) is 2.48. The first kappa shape index (κ1) is 10.9. The molecule has 7 nitrogen and oxygen atoms in total. The Morgan fingerprint density at radius 2 is 2.36 bits per heavy atom. The second-order valence-electron chi connectivity index (χ2n) is 2.77. The third-order valence-electron chi connectivity index (χ3n) is 1.58. The molecule has 0 aromatic carbocycles. The van der Waals surface area contributed by atoms with Crippen LogP contribution in [0.4, 0.5) is 5.95 Å². The molecule has 1 heterocycles. The molecule has 0 spiro atoms. The maximum Gasteiger partial charge on any atom is 0.235 e. The molecule has 0 aliphatic carbocycles. The van der Waals surface area contributed by atoms with Crippen molar-refractivity contribution in [1.82, 2.24) is 14.8 Å². The highest BCUT2D eigenvalue weighted by Crippen LogP contribution is 2.02. The van der Waals surface area contributed by atoms with Crippen LogP contribution in [0.3, 0.4) is 0 Å². The number of hydrogen-bond acceptors (Lipinski definition) is 5. The summed E-state index contributed by atoms with van der Waals surface area (Å²) in [5.74, 6) is 0.207. The molecule has 0 bridgehead atoms. The van der Waals surface area contributed by atoms with Crippen LogP contribution in [0.15, 0.2) is 6.33 Å². The molecule has 80 valence electrons. The van der Waals surface area contributed by atoms with E-state index in [9.17, 15) is 8.42 Å². The topological polar surface area (TPSA) is 103 Å². The normalized spacial score (nSPS) is 11.6. The molecule has 0 saturated carbocycles. The van der Waals surface area contributed by atoms with E-state index >= 15 is 0 Å². The second-order valence-corrected chi connectivity index (χ2v) is 4.61. The molecule has 0 amide bonds. The van der Waals surface area contributed by atoms with Crippen LogP contribution in [0, 0.1) is 0 Å². The van der Waals surface area contributed by atoms with Gasteiger partial charge in [-0.15, -0.1) is 0 Å². The van der Waals surface area contributed by atoms with Gasteiger partial charge in [-0.1, -0.05) is 0 Å². The van der Waals surface area contributed by atoms with E-state index in [2.05, 4.69) is 14.8 Å². The van der Waals surface area contributed by atoms with Gasteiger partial charge in [-0.25, -0.2) is 13.1 Å². The van der Waals surface area contributed by atoms with Gasteiger partial charge in [-0.05, 0) is 13.0 Å². The lowest BCUT2D eigenvalue weighted by molar-refractivity contribution is 0.597. The standard InChI is InChI=1S/C6H13N5O2S/c1-11-6(8-5-9-11)10-14(12,13)4-2-3-7/h5H,2-4,7H2,1H3,(H,8,9,10). The van der Waals surface area contributed by atoms with Gasteiger partial charge in [0.1, 0.15) is 6.33 Å². The number of nitrogens with two attached hydrogens (primary N) is 1. The molecule has 1 aromatic rings. The molecule has 14 heavy (non-hydrogen) atoms. The molecular formula is C6H13N5O2S. The van der Waals surface area contributed by atoms with E-state index < -0.39 is 10.0 Å². The fraction of sp³-hybridized carbons (Fsp3) is 0.667. The molecule has 0 saturated heterocycles. The van der Waals surface area contributed by atoms with Gasteiger partial charge in [0.15, 0.2) is 0 Å². The number of aryl methyl sites for hydroxylation is 1. The third kappa shape index (κ3) is 2.96. The lowest BCUT2D eigenvalue weighted by Gasteiger charge is -2.05. The Morgan fingerprint density at radius 1 is 1.64 bits per heavy atom. The predicted octanol–water partition coefficient (Wildman–Crippen LogP) is -1.09. The Balaban J connectivity index is 2.64. The number of sulfonamides is 1. The van der Waals surface area contributed by atoms with E-state index in [1.165, 1.54) is 11.0 Å². The van der Waals surface area contributed by atoms with Crippen molar-refractivity contribution in [1.29, 1.82) is 0 Å². The monoisotopic (exact) mass is 219 g/mol. The molecule has 0 aliphatic heterocycles. The molecule has 8 heteroatoms. The van der Waals surface area contributed by atoms with Crippen molar-refractivity contribution in [2.45, 2.75) is 6.42 Å². The molecule has 0 aliphatic rings. The SMILES string of the molecule is Cn1ncnc1NS(=O)(=O)CCCN. The van der Waals surface area contributed by atoms with Crippen LogP contribution in [0.1, 0.15) is 6.42 Å². The number of rotatable bonds is 5. The number of hydrogen-bond donors (Lipinski definition) is 2. The van der Waals surface area contributed by atoms with Gasteiger partial charge < -0.3 is 5.73 Å². The van der Waals surface area contributed by atoms with Crippen molar-refractivity contribution in [2.75, 3.05) is 17.0 Å². The van der Waals surface area contributed by atoms with Crippen LogP contribution >= 0.6 is 0 Å². The summed E-state index contributed by atoms with van der Waals surface area (Å²) >= 11 is 0. The Morgan fingerprint density at radius 3 is 2.86 bits per heavy atom. The Bertz CT molecular complexity index is 385. The summed E-state index contributed by atoms with van der Waals surface area (Å²) in [6.07, 6.45) is 1.70. The summed E-state index contributed by atoms with van der Waals surface area (Å²) in [5, 5.41) is 3.73. The minimum absolute atomic E-state index is 0.00361. The zero-order valence-corrected chi connectivity index (χ0v) is 8.66. The van der Waals surface area contributed by atoms with Crippen molar-refractivity contribution in [3.05, 3.63) is 6.33 Å². The van der Waals surface area contributed by atoms with Crippen LogP contribution in [-0.4, -0.2) is 35.5 Å². The van der Waals surface area contributed by atoms with Crippen LogP contribution in [0.25, 0.3) is 0 Å². The molecule has 1 aromatic heterocycles. The predicted molar refractivity (Wildman–Crippen MR) is 52.1 cm³/mol. The van der Waals surface area contributed by atoms with Gasteiger partial charge in [0.2, 0.25) is 16.0 Å². The molecule has 0 atom stereocenters. The highest BCUT2D eigenvalue weighted by atomic mass is 32.2. The van der Waals surface area contributed by atoms with Crippen molar-refractivity contribution in [3.63, 3.8) is 0 Å². The quantitative estimate of drug-likeness (QED) is 0.654. The van der Waals surface area contributed by atoms with Gasteiger partial charge in [0.05, 0.1) is 5.75 Å². The number of nitrogens with one attached hydrogen (secondary N) is 1. The van der Waals surface area contributed by atoms with Gasteiger partial charge in [0.25, 0.3) is 0 Å². The highest BCUT2D eigenvalue weighted by Gasteiger charge is 2.12. The fourth-order valence-corrected chi connectivity index (χ4v) is 1.96. The summed E-state index contributed by atoms with van der Waals surface area (Å²) in [5.41, 5.74) is 5.21. The van der Waals surface area contributed by atoms with Gasteiger partial charge in [-0.2, -0.15) is 10.1 Å². The van der Waals surface area contributed by atoms with Gasteiger partial charge in [-0.3, -0.25) is 4.72 Å². The average molecular weight is 219 g/mol. The van der Waals surface area contributed by atoms with E-state index in [0.29, 0.717) is 13.0 Å². The van der Waals surface area contributed by atoms with Gasteiger partial charge >= 0.3 is 0 Å². The van der Waals surface area contributed by atoms with Crippen molar-refractivity contribution in [2.24, 2.45) is 12.8 Å². The van der Waals surface area contributed by atoms with Crippen molar-refractivity contribution >= 4 is 16.0 Å². The van der Waals surface area contributed by atoms with Crippen LogP contribution < -0.4 is 10.5 Å². The van der Waals surface area contributed by atoms with Crippen molar-refractivity contribution < 1.29 is 8.42 Å². The fourth-order valence-electron chi connectivity index (χ4n) is 0.852. The number of nitrogens with zero attached hydrogens (tertiary/aromatic N) is 3. The molecule has 0 radical (unpaired) electrons. The first-order chi connectivity index (χ1) is 6.55. The molecule has 0 unspecified atom stereocenters. The van der Waals surface area contributed by atoms with E-state index in [0.717, 1.165) is 0 Å². The number of aromatic nitrogens is 3. The smallest absolute Gasteiger partial charge is 0.235 e.